The van der Waals surface area contributed by atoms with Crippen molar-refractivity contribution in [3.63, 3.8) is 0 Å². The maximum absolute atomic E-state index is 14.2. The largest absolute Gasteiger partial charge is 0.379 e. The molecule has 8 nitrogen and oxygen atoms in total. The van der Waals surface area contributed by atoms with Crippen LogP contribution >= 0.6 is 0 Å². The van der Waals surface area contributed by atoms with Gasteiger partial charge >= 0.3 is 0 Å². The van der Waals surface area contributed by atoms with Gasteiger partial charge in [-0.3, -0.25) is 9.69 Å². The molecule has 3 aromatic heterocycles. The second-order valence-corrected chi connectivity index (χ2v) is 7.47. The van der Waals surface area contributed by atoms with Crippen molar-refractivity contribution in [2.75, 3.05) is 31.6 Å². The van der Waals surface area contributed by atoms with Gasteiger partial charge in [-0.05, 0) is 36.4 Å². The van der Waals surface area contributed by atoms with E-state index >= 15 is 0 Å². The predicted molar refractivity (Wildman–Crippen MR) is 117 cm³/mol. The number of imidazole rings is 1. The molecule has 0 unspecified atom stereocenters. The van der Waals surface area contributed by atoms with E-state index in [-0.39, 0.29) is 11.5 Å². The number of carbonyl (C=O) groups is 1. The number of anilines is 1. The van der Waals surface area contributed by atoms with Gasteiger partial charge in [0.1, 0.15) is 11.6 Å². The first-order valence-corrected chi connectivity index (χ1v) is 10.3. The summed E-state index contributed by atoms with van der Waals surface area (Å²) < 4.78 is 21.0. The molecule has 32 heavy (non-hydrogen) atoms. The molecule has 0 atom stereocenters. The highest BCUT2D eigenvalue weighted by atomic mass is 19.1. The quantitative estimate of drug-likeness (QED) is 0.522. The molecule has 0 bridgehead atoms. The molecule has 1 aliphatic heterocycles. The third-order valence-electron chi connectivity index (χ3n) is 5.28. The maximum atomic E-state index is 14.2. The van der Waals surface area contributed by atoms with Crippen LogP contribution < -0.4 is 5.32 Å². The van der Waals surface area contributed by atoms with E-state index in [1.807, 2.05) is 12.1 Å². The number of amides is 1. The van der Waals surface area contributed by atoms with Gasteiger partial charge in [0, 0.05) is 25.2 Å². The topological polar surface area (TPSA) is 84.7 Å². The monoisotopic (exact) mass is 432 g/mol. The molecule has 5 rings (SSSR count). The Morgan fingerprint density at radius 1 is 1.06 bits per heavy atom. The molecule has 1 saturated heterocycles. The minimum Gasteiger partial charge on any atom is -0.379 e. The number of morpholine rings is 1. The molecule has 0 aliphatic carbocycles. The minimum absolute atomic E-state index is 0.235. The fourth-order valence-corrected chi connectivity index (χ4v) is 3.65. The summed E-state index contributed by atoms with van der Waals surface area (Å²) in [5, 5.41) is 7.25. The second-order valence-electron chi connectivity index (χ2n) is 7.47. The van der Waals surface area contributed by atoms with Gasteiger partial charge < -0.3 is 10.1 Å². The number of halogens is 1. The third kappa shape index (κ3) is 4.20. The number of hydrogen-bond acceptors (Lipinski definition) is 6. The van der Waals surface area contributed by atoms with E-state index in [2.05, 4.69) is 25.3 Å². The van der Waals surface area contributed by atoms with E-state index in [4.69, 9.17) is 4.74 Å². The van der Waals surface area contributed by atoms with Crippen LogP contribution in [0.1, 0.15) is 16.2 Å². The number of carbonyl (C=O) groups excluding carboxylic acids is 1. The molecule has 1 fully saturated rings. The molecule has 1 aliphatic rings. The first-order chi connectivity index (χ1) is 15.7. The fraction of sp³-hybridized carbons (Fsp3) is 0.217. The summed E-state index contributed by atoms with van der Waals surface area (Å²) in [6, 6.07) is 15.3. The van der Waals surface area contributed by atoms with E-state index in [1.54, 1.807) is 36.4 Å². The van der Waals surface area contributed by atoms with Crippen LogP contribution in [0.25, 0.3) is 16.9 Å². The predicted octanol–water partition coefficient (Wildman–Crippen LogP) is 3.01. The smallest absolute Gasteiger partial charge is 0.277 e. The van der Waals surface area contributed by atoms with Crippen LogP contribution in [0.3, 0.4) is 0 Å². The summed E-state index contributed by atoms with van der Waals surface area (Å²) in [6.45, 7) is 3.83. The molecular formula is C23H21FN6O2. The first kappa shape index (κ1) is 20.2. The molecule has 4 heterocycles. The number of pyridine rings is 1. The minimum atomic E-state index is -0.397. The lowest BCUT2D eigenvalue weighted by Gasteiger charge is -2.26. The normalized spacial score (nSPS) is 14.5. The van der Waals surface area contributed by atoms with E-state index < -0.39 is 5.91 Å². The van der Waals surface area contributed by atoms with Crippen LogP contribution in [0.4, 0.5) is 10.2 Å². The zero-order valence-electron chi connectivity index (χ0n) is 17.2. The van der Waals surface area contributed by atoms with Gasteiger partial charge in [0.05, 0.1) is 30.8 Å². The molecule has 0 saturated carbocycles. The van der Waals surface area contributed by atoms with Gasteiger partial charge in [0.15, 0.2) is 11.3 Å². The number of fused-ring (bicyclic) bond motifs is 1. The van der Waals surface area contributed by atoms with Crippen molar-refractivity contribution in [1.82, 2.24) is 24.5 Å². The maximum Gasteiger partial charge on any atom is 0.277 e. The van der Waals surface area contributed by atoms with E-state index in [9.17, 15) is 9.18 Å². The zero-order chi connectivity index (χ0) is 21.9. The number of benzene rings is 1. The Morgan fingerprint density at radius 2 is 1.91 bits per heavy atom. The molecule has 162 valence electrons. The highest BCUT2D eigenvalue weighted by molar-refractivity contribution is 6.02. The van der Waals surface area contributed by atoms with Crippen LogP contribution in [-0.4, -0.2) is 56.7 Å². The van der Waals surface area contributed by atoms with Crippen molar-refractivity contribution in [1.29, 1.82) is 0 Å². The van der Waals surface area contributed by atoms with Crippen molar-refractivity contribution in [2.45, 2.75) is 6.54 Å². The summed E-state index contributed by atoms with van der Waals surface area (Å²) >= 11 is 0. The Hall–Kier alpha value is -3.69. The average Bonchev–Trinajstić information content (AvgIpc) is 3.24. The SMILES string of the molecule is O=C(Nc1cccc(CN2CCOCC2)n1)c1cnc2ccc(-c3ccccc3F)nn12. The summed E-state index contributed by atoms with van der Waals surface area (Å²) in [5.41, 5.74) is 2.35. The molecule has 0 spiro atoms. The number of nitrogens with zero attached hydrogens (tertiary/aromatic N) is 5. The Kier molecular flexibility index (Phi) is 5.57. The molecule has 9 heteroatoms. The lowest BCUT2D eigenvalue weighted by atomic mass is 10.1. The van der Waals surface area contributed by atoms with Crippen LogP contribution in [0.5, 0.6) is 0 Å². The fourth-order valence-electron chi connectivity index (χ4n) is 3.65. The van der Waals surface area contributed by atoms with Crippen LogP contribution in [-0.2, 0) is 11.3 Å². The highest BCUT2D eigenvalue weighted by Crippen LogP contribution is 2.21. The molecule has 0 radical (unpaired) electrons. The lowest BCUT2D eigenvalue weighted by Crippen LogP contribution is -2.35. The summed E-state index contributed by atoms with van der Waals surface area (Å²) in [5.74, 6) is -0.334. The molecule has 1 N–H and O–H groups in total. The Bertz CT molecular complexity index is 1270. The number of nitrogens with one attached hydrogen (secondary N) is 1. The van der Waals surface area contributed by atoms with Gasteiger partial charge in [-0.1, -0.05) is 18.2 Å². The number of ether oxygens (including phenoxy) is 1. The van der Waals surface area contributed by atoms with Crippen LogP contribution in [0.15, 0.2) is 60.8 Å². The zero-order valence-corrected chi connectivity index (χ0v) is 17.2. The van der Waals surface area contributed by atoms with Gasteiger partial charge in [-0.2, -0.15) is 5.10 Å². The van der Waals surface area contributed by atoms with Crippen molar-refractivity contribution >= 4 is 17.4 Å². The van der Waals surface area contributed by atoms with Crippen LogP contribution in [0, 0.1) is 5.82 Å². The standard InChI is InChI=1S/C23H21FN6O2/c24-18-6-2-1-5-17(18)19-8-9-22-25-14-20(30(22)28-19)23(31)27-21-7-3-4-16(26-21)15-29-10-12-32-13-11-29/h1-9,14H,10-13,15H2,(H,26,27,31). The van der Waals surface area contributed by atoms with E-state index in [1.165, 1.54) is 16.8 Å². The van der Waals surface area contributed by atoms with Crippen LogP contribution in [0.2, 0.25) is 0 Å². The van der Waals surface area contributed by atoms with Gasteiger partial charge in [-0.25, -0.2) is 18.9 Å². The van der Waals surface area contributed by atoms with Gasteiger partial charge in [0.25, 0.3) is 5.91 Å². The van der Waals surface area contributed by atoms with E-state index in [0.29, 0.717) is 42.5 Å². The molecular weight excluding hydrogens is 411 g/mol. The van der Waals surface area contributed by atoms with E-state index in [0.717, 1.165) is 18.8 Å². The highest BCUT2D eigenvalue weighted by Gasteiger charge is 2.17. The Balaban J connectivity index is 1.37. The Morgan fingerprint density at radius 3 is 2.75 bits per heavy atom. The van der Waals surface area contributed by atoms with Crippen molar-refractivity contribution < 1.29 is 13.9 Å². The number of aromatic nitrogens is 4. The van der Waals surface area contributed by atoms with Gasteiger partial charge in [0.2, 0.25) is 0 Å². The first-order valence-electron chi connectivity index (χ1n) is 10.3. The number of rotatable bonds is 5. The van der Waals surface area contributed by atoms with Gasteiger partial charge in [-0.15, -0.1) is 0 Å². The van der Waals surface area contributed by atoms with Crippen molar-refractivity contribution in [2.24, 2.45) is 0 Å². The second kappa shape index (κ2) is 8.81. The lowest BCUT2D eigenvalue weighted by molar-refractivity contribution is 0.0337. The average molecular weight is 432 g/mol. The molecule has 1 amide bonds. The van der Waals surface area contributed by atoms with Crippen molar-refractivity contribution in [3.8, 4) is 11.3 Å². The summed E-state index contributed by atoms with van der Waals surface area (Å²) in [7, 11) is 0. The van der Waals surface area contributed by atoms with Crippen molar-refractivity contribution in [3.05, 3.63) is 78.0 Å². The third-order valence-corrected chi connectivity index (χ3v) is 5.28. The summed E-state index contributed by atoms with van der Waals surface area (Å²) in [4.78, 5) is 24.0. The molecule has 4 aromatic rings. The molecule has 1 aromatic carbocycles. The Labute approximate surface area is 183 Å². The summed E-state index contributed by atoms with van der Waals surface area (Å²) in [6.07, 6.45) is 1.44. The number of hydrogen-bond donors (Lipinski definition) is 1.